The first-order valence-corrected chi connectivity index (χ1v) is 6.07. The summed E-state index contributed by atoms with van der Waals surface area (Å²) in [7, 11) is 0. The lowest BCUT2D eigenvalue weighted by Gasteiger charge is -2.29. The minimum absolute atomic E-state index is 0.174. The van der Waals surface area contributed by atoms with Gasteiger partial charge in [0.1, 0.15) is 0 Å². The van der Waals surface area contributed by atoms with Crippen LogP contribution in [-0.4, -0.2) is 31.1 Å². The first kappa shape index (κ1) is 14.5. The van der Waals surface area contributed by atoms with Crippen molar-refractivity contribution in [2.24, 2.45) is 0 Å². The highest BCUT2D eigenvalue weighted by atomic mass is 16.7. The molecule has 0 aliphatic rings. The molecule has 0 aliphatic carbocycles. The molecule has 0 saturated carbocycles. The SMILES string of the molecule is CCOCC(C)(CCOC(=O)O)c1ccccc1. The quantitative estimate of drug-likeness (QED) is 0.758. The van der Waals surface area contributed by atoms with Crippen LogP contribution in [0.1, 0.15) is 25.8 Å². The Bertz CT molecular complexity index is 363. The second-order valence-electron chi connectivity index (χ2n) is 4.43. The Hall–Kier alpha value is -1.55. The molecule has 0 spiro atoms. The van der Waals surface area contributed by atoms with Crippen molar-refractivity contribution in [2.75, 3.05) is 19.8 Å². The Labute approximate surface area is 108 Å². The average Bonchev–Trinajstić information content (AvgIpc) is 2.37. The Morgan fingerprint density at radius 1 is 1.33 bits per heavy atom. The summed E-state index contributed by atoms with van der Waals surface area (Å²) in [6, 6.07) is 9.95. The van der Waals surface area contributed by atoms with Crippen molar-refractivity contribution in [3.05, 3.63) is 35.9 Å². The van der Waals surface area contributed by atoms with Gasteiger partial charge in [0.2, 0.25) is 0 Å². The molecule has 0 aromatic heterocycles. The number of hydrogen-bond donors (Lipinski definition) is 1. The minimum Gasteiger partial charge on any atom is -0.450 e. The maximum Gasteiger partial charge on any atom is 0.505 e. The van der Waals surface area contributed by atoms with E-state index in [1.165, 1.54) is 0 Å². The van der Waals surface area contributed by atoms with Crippen LogP contribution in [0, 0.1) is 0 Å². The fourth-order valence-corrected chi connectivity index (χ4v) is 1.83. The summed E-state index contributed by atoms with van der Waals surface area (Å²) in [5, 5.41) is 8.50. The normalized spacial score (nSPS) is 13.9. The molecule has 1 aromatic rings. The van der Waals surface area contributed by atoms with E-state index in [-0.39, 0.29) is 12.0 Å². The zero-order chi connectivity index (χ0) is 13.4. The summed E-state index contributed by atoms with van der Waals surface area (Å²) in [5.74, 6) is 0. The summed E-state index contributed by atoms with van der Waals surface area (Å²) in [5.41, 5.74) is 0.902. The molecule has 0 saturated heterocycles. The molecule has 0 radical (unpaired) electrons. The lowest BCUT2D eigenvalue weighted by Crippen LogP contribution is -2.30. The number of carbonyl (C=O) groups is 1. The lowest BCUT2D eigenvalue weighted by atomic mass is 9.80. The minimum atomic E-state index is -1.23. The van der Waals surface area contributed by atoms with Gasteiger partial charge in [0, 0.05) is 12.0 Å². The van der Waals surface area contributed by atoms with Crippen LogP contribution in [0.3, 0.4) is 0 Å². The third kappa shape index (κ3) is 4.37. The molecule has 1 N–H and O–H groups in total. The van der Waals surface area contributed by atoms with E-state index < -0.39 is 6.16 Å². The van der Waals surface area contributed by atoms with Crippen molar-refractivity contribution in [3.8, 4) is 0 Å². The topological polar surface area (TPSA) is 55.8 Å². The van der Waals surface area contributed by atoms with E-state index >= 15 is 0 Å². The number of ether oxygens (including phenoxy) is 2. The van der Waals surface area contributed by atoms with Crippen LogP contribution in [0.4, 0.5) is 4.79 Å². The van der Waals surface area contributed by atoms with Gasteiger partial charge in [-0.1, -0.05) is 37.3 Å². The van der Waals surface area contributed by atoms with E-state index in [0.717, 1.165) is 5.56 Å². The van der Waals surface area contributed by atoms with Crippen LogP contribution in [0.5, 0.6) is 0 Å². The van der Waals surface area contributed by atoms with Crippen molar-refractivity contribution in [3.63, 3.8) is 0 Å². The van der Waals surface area contributed by atoms with Crippen molar-refractivity contribution in [2.45, 2.75) is 25.7 Å². The van der Waals surface area contributed by atoms with Gasteiger partial charge in [-0.2, -0.15) is 0 Å². The van der Waals surface area contributed by atoms with Gasteiger partial charge in [-0.3, -0.25) is 0 Å². The summed E-state index contributed by atoms with van der Waals surface area (Å²) in [4.78, 5) is 10.4. The predicted octanol–water partition coefficient (Wildman–Crippen LogP) is 3.07. The largest absolute Gasteiger partial charge is 0.505 e. The molecule has 1 rings (SSSR count). The molecule has 0 bridgehead atoms. The Morgan fingerprint density at radius 3 is 2.56 bits per heavy atom. The third-order valence-corrected chi connectivity index (χ3v) is 2.97. The van der Waals surface area contributed by atoms with Crippen LogP contribution in [0.15, 0.2) is 30.3 Å². The molecule has 4 nitrogen and oxygen atoms in total. The second kappa shape index (κ2) is 7.01. The fraction of sp³-hybridized carbons (Fsp3) is 0.500. The maximum absolute atomic E-state index is 10.4. The van der Waals surface area contributed by atoms with Gasteiger partial charge >= 0.3 is 6.16 Å². The van der Waals surface area contributed by atoms with Crippen LogP contribution < -0.4 is 0 Å². The molecule has 100 valence electrons. The van der Waals surface area contributed by atoms with Crippen LogP contribution in [0.25, 0.3) is 0 Å². The zero-order valence-electron chi connectivity index (χ0n) is 10.9. The van der Waals surface area contributed by atoms with Gasteiger partial charge in [-0.15, -0.1) is 0 Å². The molecule has 0 aliphatic heterocycles. The van der Waals surface area contributed by atoms with Crippen LogP contribution in [0.2, 0.25) is 0 Å². The van der Waals surface area contributed by atoms with E-state index in [1.807, 2.05) is 37.3 Å². The summed E-state index contributed by atoms with van der Waals surface area (Å²) < 4.78 is 10.1. The molecule has 0 heterocycles. The monoisotopic (exact) mass is 252 g/mol. The Balaban J connectivity index is 2.72. The third-order valence-electron chi connectivity index (χ3n) is 2.97. The molecule has 18 heavy (non-hydrogen) atoms. The summed E-state index contributed by atoms with van der Waals surface area (Å²) in [6.07, 6.45) is -0.634. The van der Waals surface area contributed by atoms with E-state index in [4.69, 9.17) is 9.84 Å². The fourth-order valence-electron chi connectivity index (χ4n) is 1.83. The second-order valence-corrected chi connectivity index (χ2v) is 4.43. The van der Waals surface area contributed by atoms with Gasteiger partial charge in [-0.05, 0) is 18.9 Å². The lowest BCUT2D eigenvalue weighted by molar-refractivity contribution is 0.0612. The highest BCUT2D eigenvalue weighted by Crippen LogP contribution is 2.28. The first-order valence-electron chi connectivity index (χ1n) is 6.07. The zero-order valence-corrected chi connectivity index (χ0v) is 10.9. The maximum atomic E-state index is 10.4. The molecule has 0 fully saturated rings. The summed E-state index contributed by atoms with van der Waals surface area (Å²) >= 11 is 0. The number of carboxylic acid groups (broad SMARTS) is 1. The first-order chi connectivity index (χ1) is 8.58. The summed E-state index contributed by atoms with van der Waals surface area (Å²) in [6.45, 7) is 5.37. The predicted molar refractivity (Wildman–Crippen MR) is 68.9 cm³/mol. The number of hydrogen-bond acceptors (Lipinski definition) is 3. The van der Waals surface area contributed by atoms with Gasteiger partial charge in [-0.25, -0.2) is 4.79 Å². The molecule has 1 atom stereocenters. The van der Waals surface area contributed by atoms with Crippen molar-refractivity contribution >= 4 is 6.16 Å². The smallest absolute Gasteiger partial charge is 0.450 e. The van der Waals surface area contributed by atoms with Crippen molar-refractivity contribution < 1.29 is 19.4 Å². The van der Waals surface area contributed by atoms with Crippen molar-refractivity contribution in [1.29, 1.82) is 0 Å². The number of benzene rings is 1. The highest BCUT2D eigenvalue weighted by molar-refractivity contribution is 5.56. The van der Waals surface area contributed by atoms with Crippen LogP contribution in [-0.2, 0) is 14.9 Å². The molecule has 4 heteroatoms. The molecule has 0 amide bonds. The standard InChI is InChI=1S/C14H20O4/c1-3-17-11-14(2,9-10-18-13(15)16)12-7-5-4-6-8-12/h4-8H,3,9-11H2,1-2H3,(H,15,16). The Kier molecular flexibility index (Phi) is 5.65. The molecular formula is C14H20O4. The van der Waals surface area contributed by atoms with Gasteiger partial charge in [0.15, 0.2) is 0 Å². The van der Waals surface area contributed by atoms with E-state index in [2.05, 4.69) is 11.7 Å². The highest BCUT2D eigenvalue weighted by Gasteiger charge is 2.27. The van der Waals surface area contributed by atoms with Gasteiger partial charge in [0.25, 0.3) is 0 Å². The van der Waals surface area contributed by atoms with Gasteiger partial charge < -0.3 is 14.6 Å². The molecular weight excluding hydrogens is 232 g/mol. The average molecular weight is 252 g/mol. The Morgan fingerprint density at radius 2 is 2.00 bits per heavy atom. The van der Waals surface area contributed by atoms with Crippen molar-refractivity contribution in [1.82, 2.24) is 0 Å². The van der Waals surface area contributed by atoms with Crippen LogP contribution >= 0.6 is 0 Å². The van der Waals surface area contributed by atoms with E-state index in [1.54, 1.807) is 0 Å². The molecule has 1 aromatic carbocycles. The number of rotatable bonds is 7. The van der Waals surface area contributed by atoms with Gasteiger partial charge in [0.05, 0.1) is 13.2 Å². The van der Waals surface area contributed by atoms with E-state index in [0.29, 0.717) is 19.6 Å². The molecule has 1 unspecified atom stereocenters. The van der Waals surface area contributed by atoms with E-state index in [9.17, 15) is 4.79 Å².